The van der Waals surface area contributed by atoms with Crippen LogP contribution in [0.3, 0.4) is 0 Å². The Bertz CT molecular complexity index is 1060. The van der Waals surface area contributed by atoms with E-state index in [1.807, 2.05) is 71.8 Å². The molecule has 34 heavy (non-hydrogen) atoms. The number of thiophene rings is 1. The summed E-state index contributed by atoms with van der Waals surface area (Å²) in [6.45, 7) is 8.58. The summed E-state index contributed by atoms with van der Waals surface area (Å²) in [7, 11) is 1.91. The van der Waals surface area contributed by atoms with Crippen molar-refractivity contribution in [2.24, 2.45) is 5.41 Å². The predicted molar refractivity (Wildman–Crippen MR) is 140 cm³/mol. The molecular formula is C29H36N2O2S. The van der Waals surface area contributed by atoms with E-state index >= 15 is 0 Å². The molecule has 0 atom stereocenters. The van der Waals surface area contributed by atoms with Crippen LogP contribution in [0.4, 0.5) is 0 Å². The van der Waals surface area contributed by atoms with Crippen molar-refractivity contribution in [1.29, 1.82) is 0 Å². The Hall–Kier alpha value is -2.63. The summed E-state index contributed by atoms with van der Waals surface area (Å²) in [4.78, 5) is 20.5. The van der Waals surface area contributed by atoms with E-state index in [4.69, 9.17) is 4.74 Å². The predicted octanol–water partition coefficient (Wildman–Crippen LogP) is 6.07. The highest BCUT2D eigenvalue weighted by molar-refractivity contribution is 7.12. The number of hydrogen-bond acceptors (Lipinski definition) is 4. The maximum Gasteiger partial charge on any atom is 0.223 e. The molecule has 0 aliphatic carbocycles. The van der Waals surface area contributed by atoms with E-state index in [2.05, 4.69) is 36.9 Å². The Balaban J connectivity index is 1.42. The van der Waals surface area contributed by atoms with E-state index in [0.29, 0.717) is 19.6 Å². The summed E-state index contributed by atoms with van der Waals surface area (Å²) in [6, 6.07) is 22.5. The van der Waals surface area contributed by atoms with Crippen molar-refractivity contribution in [2.75, 3.05) is 26.7 Å². The number of likely N-dealkylation sites (tertiary alicyclic amines) is 1. The topological polar surface area (TPSA) is 32.8 Å². The number of benzene rings is 2. The average Bonchev–Trinajstić information content (AvgIpc) is 3.17. The molecule has 2 aromatic carbocycles. The number of piperidine rings is 1. The monoisotopic (exact) mass is 476 g/mol. The third-order valence-electron chi connectivity index (χ3n) is 6.96. The number of nitrogens with zero attached hydrogens (tertiary/aromatic N) is 2. The van der Waals surface area contributed by atoms with Crippen LogP contribution in [-0.2, 0) is 17.9 Å². The summed E-state index contributed by atoms with van der Waals surface area (Å²) in [6.07, 6.45) is 2.45. The zero-order chi connectivity index (χ0) is 24.0. The van der Waals surface area contributed by atoms with Crippen LogP contribution < -0.4 is 4.74 Å². The van der Waals surface area contributed by atoms with Gasteiger partial charge < -0.3 is 9.64 Å². The van der Waals surface area contributed by atoms with Gasteiger partial charge in [-0.3, -0.25) is 9.69 Å². The first-order chi connectivity index (χ1) is 16.4. The minimum absolute atomic E-state index is 0.145. The molecule has 1 aliphatic heterocycles. The molecule has 1 fully saturated rings. The molecule has 0 unspecified atom stereocenters. The Morgan fingerprint density at radius 2 is 1.68 bits per heavy atom. The van der Waals surface area contributed by atoms with E-state index in [9.17, 15) is 4.79 Å². The van der Waals surface area contributed by atoms with Crippen LogP contribution in [-0.4, -0.2) is 42.5 Å². The Morgan fingerprint density at radius 1 is 1.03 bits per heavy atom. The van der Waals surface area contributed by atoms with Gasteiger partial charge in [0.05, 0.1) is 6.61 Å². The van der Waals surface area contributed by atoms with Crippen molar-refractivity contribution in [2.45, 2.75) is 46.2 Å². The van der Waals surface area contributed by atoms with Gasteiger partial charge in [-0.05, 0) is 69.1 Å². The third kappa shape index (κ3) is 6.49. The van der Waals surface area contributed by atoms with Gasteiger partial charge in [0, 0.05) is 41.7 Å². The van der Waals surface area contributed by atoms with Crippen molar-refractivity contribution < 1.29 is 9.53 Å². The lowest BCUT2D eigenvalue weighted by Gasteiger charge is -2.42. The summed E-state index contributed by atoms with van der Waals surface area (Å²) < 4.78 is 6.24. The van der Waals surface area contributed by atoms with Crippen molar-refractivity contribution in [3.05, 3.63) is 87.6 Å². The van der Waals surface area contributed by atoms with E-state index < -0.39 is 0 Å². The molecule has 4 nitrogen and oxygen atoms in total. The molecule has 180 valence electrons. The number of rotatable bonds is 9. The Kier molecular flexibility index (Phi) is 8.07. The third-order valence-corrected chi connectivity index (χ3v) is 7.97. The minimum Gasteiger partial charge on any atom is -0.493 e. The maximum absolute atomic E-state index is 13.3. The van der Waals surface area contributed by atoms with E-state index in [0.717, 1.165) is 43.8 Å². The molecular weight excluding hydrogens is 440 g/mol. The first-order valence-electron chi connectivity index (χ1n) is 12.2. The summed E-state index contributed by atoms with van der Waals surface area (Å²) in [5, 5.41) is 0. The van der Waals surface area contributed by atoms with Crippen LogP contribution in [0.5, 0.6) is 5.75 Å². The molecule has 0 radical (unpaired) electrons. The standard InChI is InChI=1S/C29H36N2O2S/c1-23-18-26(24(2)34-23)21-31-16-14-29(15-17-31,22-33-27-12-8-5-9-13-27)19-28(32)30(3)20-25-10-6-4-7-11-25/h4-13,18H,14-17,19-22H2,1-3H3. The fourth-order valence-electron chi connectivity index (χ4n) is 4.79. The van der Waals surface area contributed by atoms with Crippen LogP contribution in [0, 0.1) is 19.3 Å². The van der Waals surface area contributed by atoms with Gasteiger partial charge in [0.25, 0.3) is 0 Å². The fourth-order valence-corrected chi connectivity index (χ4v) is 5.73. The zero-order valence-electron chi connectivity index (χ0n) is 20.6. The second-order valence-electron chi connectivity index (χ2n) is 9.73. The van der Waals surface area contributed by atoms with Crippen LogP contribution in [0.15, 0.2) is 66.7 Å². The quantitative estimate of drug-likeness (QED) is 0.375. The normalized spacial score (nSPS) is 15.7. The van der Waals surface area contributed by atoms with Crippen molar-refractivity contribution >= 4 is 17.2 Å². The van der Waals surface area contributed by atoms with Gasteiger partial charge in [-0.1, -0.05) is 48.5 Å². The first kappa shape index (κ1) is 24.5. The lowest BCUT2D eigenvalue weighted by atomic mass is 9.75. The number of amides is 1. The van der Waals surface area contributed by atoms with Gasteiger partial charge in [-0.2, -0.15) is 0 Å². The van der Waals surface area contributed by atoms with Crippen molar-refractivity contribution in [1.82, 2.24) is 9.80 Å². The van der Waals surface area contributed by atoms with Gasteiger partial charge in [0.1, 0.15) is 5.75 Å². The molecule has 1 aromatic heterocycles. The minimum atomic E-state index is -0.145. The molecule has 1 aliphatic rings. The molecule has 3 aromatic rings. The van der Waals surface area contributed by atoms with Gasteiger partial charge in [-0.25, -0.2) is 0 Å². The summed E-state index contributed by atoms with van der Waals surface area (Å²) in [5.74, 6) is 1.07. The van der Waals surface area contributed by atoms with Crippen molar-refractivity contribution in [3.8, 4) is 5.75 Å². The second kappa shape index (κ2) is 11.2. The van der Waals surface area contributed by atoms with Gasteiger partial charge in [0.2, 0.25) is 5.91 Å². The van der Waals surface area contributed by atoms with E-state index in [-0.39, 0.29) is 11.3 Å². The molecule has 4 rings (SSSR count). The number of para-hydroxylation sites is 1. The molecule has 5 heteroatoms. The summed E-state index contributed by atoms with van der Waals surface area (Å²) >= 11 is 1.88. The molecule has 0 spiro atoms. The van der Waals surface area contributed by atoms with Crippen LogP contribution in [0.25, 0.3) is 0 Å². The number of carbonyl (C=O) groups excluding carboxylic acids is 1. The fraction of sp³-hybridized carbons (Fsp3) is 0.414. The second-order valence-corrected chi connectivity index (χ2v) is 11.2. The van der Waals surface area contributed by atoms with Crippen molar-refractivity contribution in [3.63, 3.8) is 0 Å². The molecule has 0 N–H and O–H groups in total. The number of hydrogen-bond donors (Lipinski definition) is 0. The van der Waals surface area contributed by atoms with Crippen LogP contribution in [0.2, 0.25) is 0 Å². The van der Waals surface area contributed by atoms with Gasteiger partial charge in [0.15, 0.2) is 0 Å². The highest BCUT2D eigenvalue weighted by atomic mass is 32.1. The van der Waals surface area contributed by atoms with E-state index in [1.54, 1.807) is 0 Å². The first-order valence-corrected chi connectivity index (χ1v) is 13.0. The van der Waals surface area contributed by atoms with Crippen LogP contribution in [0.1, 0.15) is 40.1 Å². The maximum atomic E-state index is 13.3. The highest BCUT2D eigenvalue weighted by Crippen LogP contribution is 2.37. The van der Waals surface area contributed by atoms with Gasteiger partial charge in [-0.15, -0.1) is 11.3 Å². The highest BCUT2D eigenvalue weighted by Gasteiger charge is 2.38. The number of aryl methyl sites for hydroxylation is 2. The number of ether oxygens (including phenoxy) is 1. The molecule has 2 heterocycles. The molecule has 0 saturated carbocycles. The molecule has 1 amide bonds. The lowest BCUT2D eigenvalue weighted by Crippen LogP contribution is -2.45. The van der Waals surface area contributed by atoms with Gasteiger partial charge >= 0.3 is 0 Å². The molecule has 1 saturated heterocycles. The van der Waals surface area contributed by atoms with Crippen LogP contribution >= 0.6 is 11.3 Å². The zero-order valence-corrected chi connectivity index (χ0v) is 21.4. The number of carbonyl (C=O) groups is 1. The lowest BCUT2D eigenvalue weighted by molar-refractivity contribution is -0.134. The largest absolute Gasteiger partial charge is 0.493 e. The molecule has 0 bridgehead atoms. The SMILES string of the molecule is Cc1cc(CN2CCC(COc3ccccc3)(CC(=O)N(C)Cc3ccccc3)CC2)c(C)s1. The summed E-state index contributed by atoms with van der Waals surface area (Å²) in [5.41, 5.74) is 2.45. The Morgan fingerprint density at radius 3 is 2.29 bits per heavy atom. The Labute approximate surface area is 208 Å². The smallest absolute Gasteiger partial charge is 0.223 e. The van der Waals surface area contributed by atoms with E-state index in [1.165, 1.54) is 15.3 Å². The average molecular weight is 477 g/mol.